The predicted molar refractivity (Wildman–Crippen MR) is 100 cm³/mol. The number of rotatable bonds is 2. The number of aromatic hydroxyl groups is 1. The van der Waals surface area contributed by atoms with Crippen LogP contribution in [-0.2, 0) is 14.3 Å². The lowest BCUT2D eigenvalue weighted by Gasteiger charge is -2.48. The van der Waals surface area contributed by atoms with E-state index in [1.54, 1.807) is 12.1 Å². The molecule has 1 aromatic carbocycles. The van der Waals surface area contributed by atoms with Crippen molar-refractivity contribution in [2.45, 2.75) is 38.9 Å². The van der Waals surface area contributed by atoms with Crippen LogP contribution in [0.2, 0.25) is 0 Å². The number of benzene rings is 1. The molecule has 0 aromatic heterocycles. The van der Waals surface area contributed by atoms with E-state index in [2.05, 4.69) is 6.92 Å². The molecule has 1 N–H and O–H groups in total. The van der Waals surface area contributed by atoms with Gasteiger partial charge in [0.2, 0.25) is 0 Å². The van der Waals surface area contributed by atoms with E-state index in [0.717, 1.165) is 12.0 Å². The standard InChI is InChI=1S/C22H24O6/c1-10-7-12-9-15(27-3)19-20(17(12)16(8-10)28-11(2)23)21(25)13-5-4-6-14(24)18(13)22(19)26/h4-6,9-10,15-17,19-20,24H,7-8H2,1-3H3/t10-,15+,16+,17+,19+,20-/m0/s1. The lowest BCUT2D eigenvalue weighted by molar-refractivity contribution is -0.152. The molecule has 0 spiro atoms. The van der Waals surface area contributed by atoms with E-state index in [4.69, 9.17) is 9.47 Å². The third-order valence-corrected chi connectivity index (χ3v) is 6.30. The van der Waals surface area contributed by atoms with E-state index in [-0.39, 0.29) is 34.4 Å². The first-order chi connectivity index (χ1) is 13.3. The summed E-state index contributed by atoms with van der Waals surface area (Å²) in [4.78, 5) is 38.5. The third kappa shape index (κ3) is 2.78. The molecule has 1 saturated carbocycles. The molecular weight excluding hydrogens is 360 g/mol. The van der Waals surface area contributed by atoms with Crippen molar-refractivity contribution < 1.29 is 29.0 Å². The highest BCUT2D eigenvalue weighted by Gasteiger charge is 2.56. The first-order valence-electron chi connectivity index (χ1n) is 9.64. The lowest BCUT2D eigenvalue weighted by Crippen LogP contribution is -2.54. The maximum Gasteiger partial charge on any atom is 0.302 e. The van der Waals surface area contributed by atoms with E-state index < -0.39 is 30.0 Å². The maximum atomic E-state index is 13.5. The number of ketones is 2. The van der Waals surface area contributed by atoms with Crippen molar-refractivity contribution in [3.8, 4) is 5.75 Å². The van der Waals surface area contributed by atoms with E-state index in [1.807, 2.05) is 6.08 Å². The number of fused-ring (bicyclic) bond motifs is 4. The molecule has 3 aliphatic carbocycles. The van der Waals surface area contributed by atoms with Gasteiger partial charge >= 0.3 is 5.97 Å². The molecule has 0 unspecified atom stereocenters. The van der Waals surface area contributed by atoms with Gasteiger partial charge in [0.1, 0.15) is 11.9 Å². The molecule has 28 heavy (non-hydrogen) atoms. The highest BCUT2D eigenvalue weighted by atomic mass is 16.5. The SMILES string of the molecule is CO[C@@H]1C=C2C[C@H](C)C[C@@H](OC(C)=O)[C@@H]2[C@@H]2C(=O)c3cccc(O)c3C(=O)[C@@H]21. The van der Waals surface area contributed by atoms with Crippen LogP contribution in [0.15, 0.2) is 29.8 Å². The molecule has 0 radical (unpaired) electrons. The van der Waals surface area contributed by atoms with Gasteiger partial charge in [-0.15, -0.1) is 0 Å². The van der Waals surface area contributed by atoms with Gasteiger partial charge in [-0.25, -0.2) is 0 Å². The van der Waals surface area contributed by atoms with Crippen LogP contribution in [0.3, 0.4) is 0 Å². The van der Waals surface area contributed by atoms with Crippen LogP contribution in [0.4, 0.5) is 0 Å². The summed E-state index contributed by atoms with van der Waals surface area (Å²) in [7, 11) is 1.52. The molecule has 1 aromatic rings. The summed E-state index contributed by atoms with van der Waals surface area (Å²) in [6.07, 6.45) is 2.35. The van der Waals surface area contributed by atoms with Gasteiger partial charge in [0.15, 0.2) is 11.6 Å². The minimum atomic E-state index is -0.737. The van der Waals surface area contributed by atoms with Gasteiger partial charge in [-0.3, -0.25) is 14.4 Å². The number of phenolic OH excluding ortho intramolecular Hbond substituents is 1. The number of ether oxygens (including phenoxy) is 2. The smallest absolute Gasteiger partial charge is 0.302 e. The fourth-order valence-corrected chi connectivity index (χ4v) is 5.33. The number of hydrogen-bond donors (Lipinski definition) is 1. The Balaban J connectivity index is 1.87. The fourth-order valence-electron chi connectivity index (χ4n) is 5.33. The third-order valence-electron chi connectivity index (χ3n) is 6.30. The second-order valence-electron chi connectivity index (χ2n) is 8.14. The topological polar surface area (TPSA) is 89.9 Å². The molecular formula is C22H24O6. The summed E-state index contributed by atoms with van der Waals surface area (Å²) in [5.74, 6) is -2.51. The average Bonchev–Trinajstić information content (AvgIpc) is 2.63. The molecule has 0 heterocycles. The summed E-state index contributed by atoms with van der Waals surface area (Å²) in [5.41, 5.74) is 1.33. The number of methoxy groups -OCH3 is 1. The Morgan fingerprint density at radius 1 is 1.14 bits per heavy atom. The summed E-state index contributed by atoms with van der Waals surface area (Å²) < 4.78 is 11.2. The van der Waals surface area contributed by atoms with Gasteiger partial charge in [0.25, 0.3) is 0 Å². The van der Waals surface area contributed by atoms with Crippen LogP contribution >= 0.6 is 0 Å². The number of phenols is 1. The Kier molecular flexibility index (Phi) is 4.62. The van der Waals surface area contributed by atoms with E-state index >= 15 is 0 Å². The molecule has 0 saturated heterocycles. The van der Waals surface area contributed by atoms with Crippen LogP contribution in [0.25, 0.3) is 0 Å². The largest absolute Gasteiger partial charge is 0.507 e. The molecule has 6 atom stereocenters. The first kappa shape index (κ1) is 18.9. The van der Waals surface area contributed by atoms with Crippen molar-refractivity contribution in [2.75, 3.05) is 7.11 Å². The molecule has 0 aliphatic heterocycles. The van der Waals surface area contributed by atoms with Crippen LogP contribution in [0.1, 0.15) is 47.4 Å². The molecule has 0 amide bonds. The lowest BCUT2D eigenvalue weighted by atomic mass is 9.57. The minimum absolute atomic E-state index is 0.0702. The van der Waals surface area contributed by atoms with Gasteiger partial charge < -0.3 is 14.6 Å². The second kappa shape index (κ2) is 6.85. The van der Waals surface area contributed by atoms with Crippen molar-refractivity contribution in [3.05, 3.63) is 41.0 Å². The van der Waals surface area contributed by atoms with Crippen molar-refractivity contribution >= 4 is 17.5 Å². The van der Waals surface area contributed by atoms with Crippen molar-refractivity contribution in [3.63, 3.8) is 0 Å². The highest BCUT2D eigenvalue weighted by molar-refractivity contribution is 6.18. The summed E-state index contributed by atoms with van der Waals surface area (Å²) in [6.45, 7) is 3.45. The molecule has 4 rings (SSSR count). The molecule has 6 nitrogen and oxygen atoms in total. The molecule has 0 bridgehead atoms. The van der Waals surface area contributed by atoms with Gasteiger partial charge in [-0.1, -0.05) is 30.7 Å². The van der Waals surface area contributed by atoms with Crippen molar-refractivity contribution in [1.29, 1.82) is 0 Å². The summed E-state index contributed by atoms with van der Waals surface area (Å²) in [5, 5.41) is 10.2. The second-order valence-corrected chi connectivity index (χ2v) is 8.14. The number of carbonyl (C=O) groups is 3. The van der Waals surface area contributed by atoms with Gasteiger partial charge in [-0.05, 0) is 24.8 Å². The average molecular weight is 384 g/mol. The van der Waals surface area contributed by atoms with E-state index in [0.29, 0.717) is 12.3 Å². The zero-order valence-corrected chi connectivity index (χ0v) is 16.2. The molecule has 148 valence electrons. The summed E-state index contributed by atoms with van der Waals surface area (Å²) in [6, 6.07) is 4.57. The molecule has 6 heteroatoms. The van der Waals surface area contributed by atoms with Gasteiger partial charge in [0.05, 0.1) is 17.6 Å². The van der Waals surface area contributed by atoms with E-state index in [1.165, 1.54) is 20.1 Å². The number of esters is 1. The quantitative estimate of drug-likeness (QED) is 0.623. The fraction of sp³-hybridized carbons (Fsp3) is 0.500. The number of Topliss-reactive ketones (excluding diaryl/α,β-unsaturated/α-hetero) is 2. The van der Waals surface area contributed by atoms with Gasteiger partial charge in [0, 0.05) is 31.4 Å². The van der Waals surface area contributed by atoms with Crippen LogP contribution in [-0.4, -0.2) is 42.0 Å². The minimum Gasteiger partial charge on any atom is -0.507 e. The van der Waals surface area contributed by atoms with Crippen molar-refractivity contribution in [1.82, 2.24) is 0 Å². The zero-order valence-electron chi connectivity index (χ0n) is 16.2. The predicted octanol–water partition coefficient (Wildman–Crippen LogP) is 2.94. The number of carbonyl (C=O) groups excluding carboxylic acids is 3. The van der Waals surface area contributed by atoms with Crippen LogP contribution in [0, 0.1) is 23.7 Å². The zero-order chi connectivity index (χ0) is 20.2. The van der Waals surface area contributed by atoms with Crippen LogP contribution in [0.5, 0.6) is 5.75 Å². The molecule has 1 fully saturated rings. The monoisotopic (exact) mass is 384 g/mol. The number of hydrogen-bond acceptors (Lipinski definition) is 6. The highest BCUT2D eigenvalue weighted by Crippen LogP contribution is 2.51. The van der Waals surface area contributed by atoms with Gasteiger partial charge in [-0.2, -0.15) is 0 Å². The van der Waals surface area contributed by atoms with Crippen molar-refractivity contribution in [2.24, 2.45) is 23.7 Å². The Bertz CT molecular complexity index is 885. The maximum absolute atomic E-state index is 13.5. The Morgan fingerprint density at radius 2 is 1.89 bits per heavy atom. The Morgan fingerprint density at radius 3 is 2.57 bits per heavy atom. The first-order valence-corrected chi connectivity index (χ1v) is 9.64. The normalized spacial score (nSPS) is 34.0. The van der Waals surface area contributed by atoms with E-state index in [9.17, 15) is 19.5 Å². The molecule has 3 aliphatic rings. The summed E-state index contributed by atoms with van der Waals surface area (Å²) >= 11 is 0. The van der Waals surface area contributed by atoms with Crippen LogP contribution < -0.4 is 0 Å². The Hall–Kier alpha value is -2.47. The Labute approximate surface area is 163 Å².